The summed E-state index contributed by atoms with van der Waals surface area (Å²) in [7, 11) is 0. The van der Waals surface area contributed by atoms with E-state index in [2.05, 4.69) is 214 Å². The largest absolute Gasteiger partial charge is 0.309 e. The zero-order valence-electron chi connectivity index (χ0n) is 33.9. The van der Waals surface area contributed by atoms with Crippen LogP contribution in [-0.4, -0.2) is 23.7 Å². The van der Waals surface area contributed by atoms with Crippen molar-refractivity contribution in [1.29, 1.82) is 0 Å². The molecule has 10 aromatic carbocycles. The molecule has 4 aromatic heterocycles. The lowest BCUT2D eigenvalue weighted by Gasteiger charge is -2.15. The van der Waals surface area contributed by atoms with Gasteiger partial charge >= 0.3 is 0 Å². The fourth-order valence-electron chi connectivity index (χ4n) is 10.5. The molecule has 0 saturated carbocycles. The number of hydrogen-bond acceptors (Lipinski definition) is 2. The number of rotatable bonds is 4. The van der Waals surface area contributed by atoms with Crippen molar-refractivity contribution >= 4 is 98.0 Å². The summed E-state index contributed by atoms with van der Waals surface area (Å²) in [5.74, 6) is 0.804. The van der Waals surface area contributed by atoms with Crippen molar-refractivity contribution in [2.45, 2.75) is 0 Å². The van der Waals surface area contributed by atoms with Crippen molar-refractivity contribution in [2.24, 2.45) is 0 Å². The van der Waals surface area contributed by atoms with E-state index in [4.69, 9.17) is 9.97 Å². The summed E-state index contributed by atoms with van der Waals surface area (Å²) in [5.41, 5.74) is 12.7. The lowest BCUT2D eigenvalue weighted by molar-refractivity contribution is 1.08. The van der Waals surface area contributed by atoms with Gasteiger partial charge in [-0.2, -0.15) is 0 Å². The first-order valence-electron chi connectivity index (χ1n) is 21.5. The molecule has 0 bridgehead atoms. The fraction of sp³-hybridized carbons (Fsp3) is 0. The lowest BCUT2D eigenvalue weighted by Crippen LogP contribution is -2.04. The van der Waals surface area contributed by atoms with Gasteiger partial charge in [0.1, 0.15) is 5.69 Å². The molecule has 0 aliphatic heterocycles. The van der Waals surface area contributed by atoms with Gasteiger partial charge in [-0.3, -0.25) is 4.57 Å². The van der Waals surface area contributed by atoms with Gasteiger partial charge in [0.2, 0.25) is 0 Å². The normalized spacial score (nSPS) is 12.1. The highest BCUT2D eigenvalue weighted by molar-refractivity contribution is 6.29. The molecule has 14 aromatic rings. The summed E-state index contributed by atoms with van der Waals surface area (Å²) in [5, 5.41) is 12.1. The zero-order valence-corrected chi connectivity index (χ0v) is 33.9. The SMILES string of the molecule is c1ccc2cc(-n3c4ccccc4c4c5c6ccccc6n(-c6cccc7c6c6ccccc6n7-c6nc7ccccc7nc6-c6cccc7ccccc67)c5ccc43)ccc2c1. The van der Waals surface area contributed by atoms with Gasteiger partial charge in [-0.05, 0) is 88.3 Å². The van der Waals surface area contributed by atoms with E-state index in [-0.39, 0.29) is 0 Å². The summed E-state index contributed by atoms with van der Waals surface area (Å²) in [6.45, 7) is 0. The van der Waals surface area contributed by atoms with E-state index in [1.54, 1.807) is 0 Å². The third-order valence-corrected chi connectivity index (χ3v) is 13.2. The van der Waals surface area contributed by atoms with Gasteiger partial charge in [0.25, 0.3) is 0 Å². The third-order valence-electron chi connectivity index (χ3n) is 13.2. The quantitative estimate of drug-likeness (QED) is 0.178. The number of nitrogens with zero attached hydrogens (tertiary/aromatic N) is 5. The Morgan fingerprint density at radius 2 is 0.810 bits per heavy atom. The fourth-order valence-corrected chi connectivity index (χ4v) is 10.5. The molecule has 0 atom stereocenters. The van der Waals surface area contributed by atoms with Crippen LogP contribution in [0.3, 0.4) is 0 Å². The van der Waals surface area contributed by atoms with Gasteiger partial charge in [0, 0.05) is 43.6 Å². The number of hydrogen-bond donors (Lipinski definition) is 0. The Kier molecular flexibility index (Phi) is 7.05. The number of fused-ring (bicyclic) bond motifs is 13. The van der Waals surface area contributed by atoms with Crippen molar-refractivity contribution in [1.82, 2.24) is 23.7 Å². The molecule has 0 amide bonds. The predicted molar refractivity (Wildman–Crippen MR) is 263 cm³/mol. The van der Waals surface area contributed by atoms with Crippen molar-refractivity contribution in [3.63, 3.8) is 0 Å². The van der Waals surface area contributed by atoms with Crippen molar-refractivity contribution in [3.8, 4) is 28.5 Å². The maximum Gasteiger partial charge on any atom is 0.165 e. The smallest absolute Gasteiger partial charge is 0.165 e. The molecule has 0 aliphatic rings. The molecule has 0 saturated heterocycles. The standard InChI is InChI=1S/C58H35N5/c1-2-17-38-35-39(32-31-36(38)15-1)61-47-26-10-6-21-43(47)55-52(61)33-34-53-56(55)44-22-7-11-27-48(44)62(53)50-29-14-30-51-54(50)42-20-5-12-28-49(42)63(51)58-57(59-45-24-8-9-25-46(45)60-58)41-23-13-18-37-16-3-4-19-40(37)41/h1-35H. The van der Waals surface area contributed by atoms with E-state index in [1.807, 2.05) is 12.1 Å². The number of aromatic nitrogens is 5. The molecule has 5 heteroatoms. The minimum atomic E-state index is 0.804. The minimum Gasteiger partial charge on any atom is -0.309 e. The second kappa shape index (κ2) is 13.0. The van der Waals surface area contributed by atoms with Crippen LogP contribution in [0.25, 0.3) is 126 Å². The van der Waals surface area contributed by atoms with Crippen LogP contribution in [0.5, 0.6) is 0 Å². The van der Waals surface area contributed by atoms with Gasteiger partial charge in [-0.1, -0.05) is 146 Å². The van der Waals surface area contributed by atoms with Gasteiger partial charge in [-0.15, -0.1) is 0 Å². The molecule has 4 heterocycles. The Balaban J connectivity index is 1.09. The Labute approximate surface area is 360 Å². The molecule has 0 spiro atoms. The van der Waals surface area contributed by atoms with Crippen molar-refractivity contribution in [3.05, 3.63) is 212 Å². The topological polar surface area (TPSA) is 40.6 Å². The van der Waals surface area contributed by atoms with E-state index in [0.29, 0.717) is 0 Å². The first kappa shape index (κ1) is 34.2. The maximum atomic E-state index is 5.49. The highest BCUT2D eigenvalue weighted by Gasteiger charge is 2.25. The average molecular weight is 802 g/mol. The molecule has 0 radical (unpaired) electrons. The van der Waals surface area contributed by atoms with E-state index in [1.165, 1.54) is 48.7 Å². The van der Waals surface area contributed by atoms with Crippen LogP contribution < -0.4 is 0 Å². The zero-order chi connectivity index (χ0) is 41.2. The Bertz CT molecular complexity index is 4220. The molecule has 0 aliphatic carbocycles. The van der Waals surface area contributed by atoms with E-state index in [0.717, 1.165) is 77.7 Å². The second-order valence-electron chi connectivity index (χ2n) is 16.5. The first-order valence-corrected chi connectivity index (χ1v) is 21.5. The summed E-state index contributed by atoms with van der Waals surface area (Å²) in [6, 6.07) is 76.6. The first-order chi connectivity index (χ1) is 31.3. The highest BCUT2D eigenvalue weighted by atomic mass is 15.1. The van der Waals surface area contributed by atoms with Crippen LogP contribution in [0.15, 0.2) is 212 Å². The highest BCUT2D eigenvalue weighted by Crippen LogP contribution is 2.45. The van der Waals surface area contributed by atoms with Crippen LogP contribution in [-0.2, 0) is 0 Å². The minimum absolute atomic E-state index is 0.804. The third kappa shape index (κ3) is 4.82. The molecular weight excluding hydrogens is 767 g/mol. The summed E-state index contributed by atoms with van der Waals surface area (Å²) >= 11 is 0. The maximum absolute atomic E-state index is 5.49. The monoisotopic (exact) mass is 801 g/mol. The summed E-state index contributed by atoms with van der Waals surface area (Å²) in [4.78, 5) is 10.9. The van der Waals surface area contributed by atoms with E-state index < -0.39 is 0 Å². The molecule has 0 N–H and O–H groups in total. The van der Waals surface area contributed by atoms with E-state index in [9.17, 15) is 0 Å². The van der Waals surface area contributed by atoms with Gasteiger partial charge in [0.15, 0.2) is 5.82 Å². The Morgan fingerprint density at radius 3 is 1.56 bits per heavy atom. The van der Waals surface area contributed by atoms with Crippen LogP contribution in [0.2, 0.25) is 0 Å². The second-order valence-corrected chi connectivity index (χ2v) is 16.5. The van der Waals surface area contributed by atoms with Gasteiger partial charge < -0.3 is 9.13 Å². The Hall–Kier alpha value is -8.54. The predicted octanol–water partition coefficient (Wildman–Crippen LogP) is 14.9. The molecule has 63 heavy (non-hydrogen) atoms. The van der Waals surface area contributed by atoms with Gasteiger partial charge in [0.05, 0.1) is 49.8 Å². The van der Waals surface area contributed by atoms with Crippen molar-refractivity contribution in [2.75, 3.05) is 0 Å². The van der Waals surface area contributed by atoms with Crippen LogP contribution >= 0.6 is 0 Å². The van der Waals surface area contributed by atoms with E-state index >= 15 is 0 Å². The molecular formula is C58H35N5. The lowest BCUT2D eigenvalue weighted by atomic mass is 10.0. The molecule has 0 fully saturated rings. The molecule has 292 valence electrons. The Morgan fingerprint density at radius 1 is 0.302 bits per heavy atom. The number of para-hydroxylation sites is 5. The van der Waals surface area contributed by atoms with Crippen molar-refractivity contribution < 1.29 is 0 Å². The molecule has 0 unspecified atom stereocenters. The summed E-state index contributed by atoms with van der Waals surface area (Å²) in [6.07, 6.45) is 0. The van der Waals surface area contributed by atoms with Crippen LogP contribution in [0.4, 0.5) is 0 Å². The van der Waals surface area contributed by atoms with Crippen LogP contribution in [0, 0.1) is 0 Å². The van der Waals surface area contributed by atoms with Crippen LogP contribution in [0.1, 0.15) is 0 Å². The average Bonchev–Trinajstić information content (AvgIpc) is 3.99. The molecule has 5 nitrogen and oxygen atoms in total. The summed E-state index contributed by atoms with van der Waals surface area (Å²) < 4.78 is 7.27. The molecule has 14 rings (SSSR count). The number of benzene rings is 10. The van der Waals surface area contributed by atoms with Gasteiger partial charge in [-0.25, -0.2) is 9.97 Å².